The molecule has 2 aromatic heterocycles. The number of nitrogens with zero attached hydrogens (tertiary/aromatic N) is 2. The van der Waals surface area contributed by atoms with Crippen molar-refractivity contribution in [1.29, 1.82) is 0 Å². The average molecular weight is 380 g/mol. The average Bonchev–Trinajstić information content (AvgIpc) is 3.23. The van der Waals surface area contributed by atoms with E-state index in [0.29, 0.717) is 11.4 Å². The van der Waals surface area contributed by atoms with Gasteiger partial charge in [0.15, 0.2) is 0 Å². The lowest BCUT2D eigenvalue weighted by Gasteiger charge is -2.00. The van der Waals surface area contributed by atoms with Crippen LogP contribution in [-0.2, 0) is 13.0 Å². The summed E-state index contributed by atoms with van der Waals surface area (Å²) in [7, 11) is 0. The first kappa shape index (κ1) is 16.9. The monoisotopic (exact) mass is 379 g/mol. The lowest BCUT2D eigenvalue weighted by Crippen LogP contribution is -2.22. The van der Waals surface area contributed by atoms with E-state index in [4.69, 9.17) is 0 Å². The van der Waals surface area contributed by atoms with E-state index in [9.17, 15) is 4.79 Å². The number of benzene rings is 2. The Morgan fingerprint density at radius 2 is 1.73 bits per heavy atom. The molecule has 0 radical (unpaired) electrons. The lowest BCUT2D eigenvalue weighted by molar-refractivity contribution is 0.0954. The van der Waals surface area contributed by atoms with Crippen molar-refractivity contribution in [3.05, 3.63) is 80.7 Å². The number of aromatic nitrogens is 2. The molecule has 0 bridgehead atoms. The number of fused-ring (bicyclic) bond motifs is 1. The zero-order valence-corrected chi connectivity index (χ0v) is 15.9. The fourth-order valence-electron chi connectivity index (χ4n) is 2.74. The Morgan fingerprint density at radius 1 is 0.962 bits per heavy atom. The Morgan fingerprint density at radius 3 is 2.54 bits per heavy atom. The lowest BCUT2D eigenvalue weighted by atomic mass is 10.2. The number of amides is 1. The minimum atomic E-state index is -0.0847. The molecule has 1 amide bonds. The van der Waals surface area contributed by atoms with E-state index in [-0.39, 0.29) is 5.91 Å². The molecule has 0 saturated carbocycles. The first-order valence-electron chi connectivity index (χ1n) is 8.32. The minimum absolute atomic E-state index is 0.0847. The van der Waals surface area contributed by atoms with Gasteiger partial charge in [-0.05, 0) is 24.6 Å². The van der Waals surface area contributed by atoms with Crippen molar-refractivity contribution in [2.75, 3.05) is 0 Å². The van der Waals surface area contributed by atoms with Crippen molar-refractivity contribution in [2.24, 2.45) is 0 Å². The molecule has 0 atom stereocenters. The summed E-state index contributed by atoms with van der Waals surface area (Å²) >= 11 is 3.07. The molecule has 4 aromatic rings. The van der Waals surface area contributed by atoms with Gasteiger partial charge < -0.3 is 5.32 Å². The van der Waals surface area contributed by atoms with Gasteiger partial charge in [0.1, 0.15) is 9.88 Å². The maximum Gasteiger partial charge on any atom is 0.263 e. The highest BCUT2D eigenvalue weighted by Gasteiger charge is 2.16. The zero-order valence-electron chi connectivity index (χ0n) is 14.2. The van der Waals surface area contributed by atoms with Gasteiger partial charge in [0.05, 0.1) is 27.5 Å². The molecule has 4 nitrogen and oxygen atoms in total. The normalized spacial score (nSPS) is 11.0. The van der Waals surface area contributed by atoms with Crippen LogP contribution in [-0.4, -0.2) is 15.9 Å². The molecule has 4 rings (SSSR count). The summed E-state index contributed by atoms with van der Waals surface area (Å²) in [4.78, 5) is 22.3. The molecule has 0 aliphatic carbocycles. The summed E-state index contributed by atoms with van der Waals surface area (Å²) in [5.74, 6) is -0.0847. The van der Waals surface area contributed by atoms with Crippen molar-refractivity contribution in [3.8, 4) is 0 Å². The van der Waals surface area contributed by atoms with Crippen LogP contribution >= 0.6 is 22.7 Å². The number of hydrogen-bond donors (Lipinski definition) is 1. The molecular weight excluding hydrogens is 362 g/mol. The standard InChI is InChI=1S/C20H17N3OS2/c1-13-19(26-17(22-13)11-14-7-3-2-4-8-14)20(24)21-12-18-23-15-9-5-6-10-16(15)25-18/h2-10H,11-12H2,1H3,(H,21,24). The molecule has 26 heavy (non-hydrogen) atoms. The van der Waals surface area contributed by atoms with E-state index in [0.717, 1.165) is 32.3 Å². The third kappa shape index (κ3) is 3.66. The predicted octanol–water partition coefficient (Wildman–Crippen LogP) is 4.58. The van der Waals surface area contributed by atoms with Crippen molar-refractivity contribution < 1.29 is 4.79 Å². The molecule has 130 valence electrons. The summed E-state index contributed by atoms with van der Waals surface area (Å²) in [6, 6.07) is 18.2. The van der Waals surface area contributed by atoms with Crippen LogP contribution in [0.3, 0.4) is 0 Å². The first-order valence-corrected chi connectivity index (χ1v) is 9.95. The predicted molar refractivity (Wildman–Crippen MR) is 107 cm³/mol. The van der Waals surface area contributed by atoms with Crippen LogP contribution in [0, 0.1) is 6.92 Å². The van der Waals surface area contributed by atoms with Crippen LogP contribution in [0.15, 0.2) is 54.6 Å². The Balaban J connectivity index is 1.44. The second kappa shape index (κ2) is 7.35. The minimum Gasteiger partial charge on any atom is -0.345 e. The van der Waals surface area contributed by atoms with Crippen LogP contribution in [0.2, 0.25) is 0 Å². The fourth-order valence-corrected chi connectivity index (χ4v) is 4.66. The maximum atomic E-state index is 12.6. The van der Waals surface area contributed by atoms with Crippen LogP contribution in [0.1, 0.15) is 30.9 Å². The summed E-state index contributed by atoms with van der Waals surface area (Å²) in [5.41, 5.74) is 2.95. The number of thiazole rings is 2. The van der Waals surface area contributed by atoms with Gasteiger partial charge in [0.25, 0.3) is 5.91 Å². The molecule has 0 spiro atoms. The van der Waals surface area contributed by atoms with Gasteiger partial charge in [0.2, 0.25) is 0 Å². The van der Waals surface area contributed by atoms with E-state index >= 15 is 0 Å². The number of para-hydroxylation sites is 1. The van der Waals surface area contributed by atoms with Gasteiger partial charge in [-0.15, -0.1) is 22.7 Å². The van der Waals surface area contributed by atoms with E-state index in [2.05, 4.69) is 27.4 Å². The second-order valence-corrected chi connectivity index (χ2v) is 8.14. The van der Waals surface area contributed by atoms with Gasteiger partial charge in [-0.2, -0.15) is 0 Å². The Bertz CT molecular complexity index is 1020. The van der Waals surface area contributed by atoms with Crippen molar-refractivity contribution in [2.45, 2.75) is 19.9 Å². The molecule has 6 heteroatoms. The Kier molecular flexibility index (Phi) is 4.77. The maximum absolute atomic E-state index is 12.6. The van der Waals surface area contributed by atoms with Crippen molar-refractivity contribution >= 4 is 38.8 Å². The third-order valence-electron chi connectivity index (χ3n) is 3.98. The zero-order chi connectivity index (χ0) is 17.9. The van der Waals surface area contributed by atoms with Crippen LogP contribution in [0.25, 0.3) is 10.2 Å². The molecule has 0 unspecified atom stereocenters. The molecule has 2 heterocycles. The van der Waals surface area contributed by atoms with Crippen LogP contribution in [0.4, 0.5) is 0 Å². The first-order chi connectivity index (χ1) is 12.7. The highest BCUT2D eigenvalue weighted by atomic mass is 32.1. The molecular formula is C20H17N3OS2. The number of carbonyl (C=O) groups is 1. The molecule has 1 N–H and O–H groups in total. The summed E-state index contributed by atoms with van der Waals surface area (Å²) in [6.45, 7) is 2.32. The van der Waals surface area contributed by atoms with Crippen LogP contribution < -0.4 is 5.32 Å². The van der Waals surface area contributed by atoms with E-state index in [1.807, 2.05) is 49.4 Å². The van der Waals surface area contributed by atoms with Gasteiger partial charge in [-0.3, -0.25) is 4.79 Å². The van der Waals surface area contributed by atoms with E-state index < -0.39 is 0 Å². The van der Waals surface area contributed by atoms with Crippen molar-refractivity contribution in [3.63, 3.8) is 0 Å². The summed E-state index contributed by atoms with van der Waals surface area (Å²) in [5, 5.41) is 4.84. The van der Waals surface area contributed by atoms with Gasteiger partial charge in [-0.1, -0.05) is 42.5 Å². The smallest absolute Gasteiger partial charge is 0.263 e. The van der Waals surface area contributed by atoms with Gasteiger partial charge in [-0.25, -0.2) is 9.97 Å². The highest BCUT2D eigenvalue weighted by molar-refractivity contribution is 7.18. The number of hydrogen-bond acceptors (Lipinski definition) is 5. The van der Waals surface area contributed by atoms with E-state index in [1.165, 1.54) is 16.9 Å². The SMILES string of the molecule is Cc1nc(Cc2ccccc2)sc1C(=O)NCc1nc2ccccc2s1. The van der Waals surface area contributed by atoms with E-state index in [1.54, 1.807) is 11.3 Å². The molecule has 0 aliphatic rings. The van der Waals surface area contributed by atoms with Crippen LogP contribution in [0.5, 0.6) is 0 Å². The molecule has 0 fully saturated rings. The Labute approximate surface area is 159 Å². The second-order valence-electron chi connectivity index (χ2n) is 5.94. The third-order valence-corrected chi connectivity index (χ3v) is 6.18. The number of rotatable bonds is 5. The van der Waals surface area contributed by atoms with Gasteiger partial charge in [0, 0.05) is 6.42 Å². The molecule has 0 aliphatic heterocycles. The number of nitrogens with one attached hydrogen (secondary N) is 1. The van der Waals surface area contributed by atoms with Gasteiger partial charge >= 0.3 is 0 Å². The molecule has 0 saturated heterocycles. The summed E-state index contributed by atoms with van der Waals surface area (Å²) < 4.78 is 1.14. The number of aryl methyl sites for hydroxylation is 1. The number of carbonyl (C=O) groups excluding carboxylic acids is 1. The fraction of sp³-hybridized carbons (Fsp3) is 0.150. The summed E-state index contributed by atoms with van der Waals surface area (Å²) in [6.07, 6.45) is 0.748. The molecule has 2 aromatic carbocycles. The topological polar surface area (TPSA) is 54.9 Å². The quantitative estimate of drug-likeness (QED) is 0.552. The Hall–Kier alpha value is -2.57. The highest BCUT2D eigenvalue weighted by Crippen LogP contribution is 2.23. The largest absolute Gasteiger partial charge is 0.345 e. The van der Waals surface area contributed by atoms with Crippen molar-refractivity contribution in [1.82, 2.24) is 15.3 Å².